The van der Waals surface area contributed by atoms with Crippen LogP contribution in [0.25, 0.3) is 0 Å². The first-order chi connectivity index (χ1) is 8.49. The predicted molar refractivity (Wildman–Crippen MR) is 74.9 cm³/mol. The molecule has 0 aromatic heterocycles. The zero-order chi connectivity index (χ0) is 13.3. The normalized spacial score (nSPS) is 26.2. The SMILES string of the molecule is Cc1ccc(C(=O)C(C)N2CC(C)CC2C)cc1. The topological polar surface area (TPSA) is 20.3 Å². The highest BCUT2D eigenvalue weighted by molar-refractivity contribution is 5.99. The highest BCUT2D eigenvalue weighted by Gasteiger charge is 2.32. The maximum atomic E-state index is 12.5. The average molecular weight is 245 g/mol. The summed E-state index contributed by atoms with van der Waals surface area (Å²) in [5.41, 5.74) is 2.03. The van der Waals surface area contributed by atoms with Crippen molar-refractivity contribution in [1.82, 2.24) is 4.90 Å². The lowest BCUT2D eigenvalue weighted by atomic mass is 10.0. The van der Waals surface area contributed by atoms with E-state index in [0.29, 0.717) is 12.0 Å². The lowest BCUT2D eigenvalue weighted by Gasteiger charge is -2.27. The van der Waals surface area contributed by atoms with E-state index in [9.17, 15) is 4.79 Å². The molecule has 1 aliphatic rings. The molecular formula is C16H23NO. The summed E-state index contributed by atoms with van der Waals surface area (Å²) in [6, 6.07) is 8.42. The smallest absolute Gasteiger partial charge is 0.179 e. The fourth-order valence-electron chi connectivity index (χ4n) is 2.98. The molecule has 2 rings (SSSR count). The predicted octanol–water partition coefficient (Wildman–Crippen LogP) is 3.30. The Morgan fingerprint density at radius 3 is 2.39 bits per heavy atom. The summed E-state index contributed by atoms with van der Waals surface area (Å²) in [4.78, 5) is 14.8. The molecule has 1 saturated heterocycles. The van der Waals surface area contributed by atoms with Crippen molar-refractivity contribution in [3.05, 3.63) is 35.4 Å². The van der Waals surface area contributed by atoms with Crippen LogP contribution in [-0.4, -0.2) is 29.3 Å². The molecule has 2 heteroatoms. The van der Waals surface area contributed by atoms with Crippen LogP contribution >= 0.6 is 0 Å². The van der Waals surface area contributed by atoms with Crippen molar-refractivity contribution < 1.29 is 4.79 Å². The zero-order valence-electron chi connectivity index (χ0n) is 11.8. The van der Waals surface area contributed by atoms with Crippen LogP contribution in [-0.2, 0) is 0 Å². The van der Waals surface area contributed by atoms with Crippen molar-refractivity contribution in [1.29, 1.82) is 0 Å². The van der Waals surface area contributed by atoms with E-state index < -0.39 is 0 Å². The van der Waals surface area contributed by atoms with Crippen molar-refractivity contribution in [3.63, 3.8) is 0 Å². The summed E-state index contributed by atoms with van der Waals surface area (Å²) < 4.78 is 0. The summed E-state index contributed by atoms with van der Waals surface area (Å²) >= 11 is 0. The molecule has 0 spiro atoms. The van der Waals surface area contributed by atoms with Crippen molar-refractivity contribution in [3.8, 4) is 0 Å². The Hall–Kier alpha value is -1.15. The van der Waals surface area contributed by atoms with Gasteiger partial charge in [-0.2, -0.15) is 0 Å². The second kappa shape index (κ2) is 5.23. The Balaban J connectivity index is 2.11. The first-order valence-electron chi connectivity index (χ1n) is 6.85. The van der Waals surface area contributed by atoms with Crippen LogP contribution in [0.15, 0.2) is 24.3 Å². The van der Waals surface area contributed by atoms with E-state index in [-0.39, 0.29) is 11.8 Å². The molecule has 1 aromatic rings. The first-order valence-corrected chi connectivity index (χ1v) is 6.85. The van der Waals surface area contributed by atoms with E-state index in [2.05, 4.69) is 18.7 Å². The Morgan fingerprint density at radius 2 is 1.89 bits per heavy atom. The monoisotopic (exact) mass is 245 g/mol. The highest BCUT2D eigenvalue weighted by Crippen LogP contribution is 2.25. The van der Waals surface area contributed by atoms with Gasteiger partial charge in [-0.25, -0.2) is 0 Å². The quantitative estimate of drug-likeness (QED) is 0.762. The number of aryl methyl sites for hydroxylation is 1. The standard InChI is InChI=1S/C16H23NO/c1-11-5-7-15(8-6-11)16(18)14(4)17-10-12(2)9-13(17)3/h5-8,12-14H,9-10H2,1-4H3. The van der Waals surface area contributed by atoms with Gasteiger partial charge in [0.25, 0.3) is 0 Å². The number of carbonyl (C=O) groups excluding carboxylic acids is 1. The molecule has 0 bridgehead atoms. The average Bonchev–Trinajstić information content (AvgIpc) is 2.67. The molecule has 98 valence electrons. The third-order valence-corrected chi connectivity index (χ3v) is 4.05. The summed E-state index contributed by atoms with van der Waals surface area (Å²) in [5, 5.41) is 0. The molecule has 0 amide bonds. The number of carbonyl (C=O) groups is 1. The molecule has 0 radical (unpaired) electrons. The van der Waals surface area contributed by atoms with Crippen LogP contribution in [0.5, 0.6) is 0 Å². The lowest BCUT2D eigenvalue weighted by Crippen LogP contribution is -2.41. The molecule has 0 N–H and O–H groups in total. The number of Topliss-reactive ketones (excluding diaryl/α,β-unsaturated/α-hetero) is 1. The van der Waals surface area contributed by atoms with Gasteiger partial charge < -0.3 is 0 Å². The Kier molecular flexibility index (Phi) is 3.86. The second-order valence-corrected chi connectivity index (χ2v) is 5.79. The van der Waals surface area contributed by atoms with Gasteiger partial charge in [-0.05, 0) is 33.1 Å². The van der Waals surface area contributed by atoms with E-state index in [1.807, 2.05) is 38.1 Å². The number of likely N-dealkylation sites (tertiary alicyclic amines) is 1. The number of benzene rings is 1. The van der Waals surface area contributed by atoms with Crippen molar-refractivity contribution in [2.75, 3.05) is 6.54 Å². The van der Waals surface area contributed by atoms with Crippen LogP contribution in [0.3, 0.4) is 0 Å². The van der Waals surface area contributed by atoms with Gasteiger partial charge in [0, 0.05) is 18.2 Å². The van der Waals surface area contributed by atoms with Crippen LogP contribution in [0.2, 0.25) is 0 Å². The summed E-state index contributed by atoms with van der Waals surface area (Å²) in [7, 11) is 0. The molecule has 1 aliphatic heterocycles. The largest absolute Gasteiger partial charge is 0.292 e. The minimum atomic E-state index is -0.00680. The van der Waals surface area contributed by atoms with Gasteiger partial charge in [0.05, 0.1) is 6.04 Å². The Bertz CT molecular complexity index is 423. The molecule has 18 heavy (non-hydrogen) atoms. The fourth-order valence-corrected chi connectivity index (χ4v) is 2.98. The van der Waals surface area contributed by atoms with Crippen molar-refractivity contribution in [2.45, 2.75) is 46.2 Å². The Morgan fingerprint density at radius 1 is 1.28 bits per heavy atom. The van der Waals surface area contributed by atoms with Gasteiger partial charge in [0.2, 0.25) is 0 Å². The van der Waals surface area contributed by atoms with E-state index >= 15 is 0 Å². The minimum absolute atomic E-state index is 0.00680. The van der Waals surface area contributed by atoms with Gasteiger partial charge in [0.1, 0.15) is 0 Å². The second-order valence-electron chi connectivity index (χ2n) is 5.79. The number of hydrogen-bond acceptors (Lipinski definition) is 2. The van der Waals surface area contributed by atoms with Gasteiger partial charge in [0.15, 0.2) is 5.78 Å². The number of ketones is 1. The van der Waals surface area contributed by atoms with Gasteiger partial charge >= 0.3 is 0 Å². The zero-order valence-corrected chi connectivity index (χ0v) is 11.8. The molecule has 1 fully saturated rings. The first kappa shape index (κ1) is 13.3. The number of hydrogen-bond donors (Lipinski definition) is 0. The fraction of sp³-hybridized carbons (Fsp3) is 0.562. The third-order valence-electron chi connectivity index (χ3n) is 4.05. The number of nitrogens with zero attached hydrogens (tertiary/aromatic N) is 1. The van der Waals surface area contributed by atoms with Gasteiger partial charge in [-0.1, -0.05) is 36.8 Å². The van der Waals surface area contributed by atoms with Gasteiger partial charge in [-0.15, -0.1) is 0 Å². The maximum absolute atomic E-state index is 12.5. The molecule has 0 aliphatic carbocycles. The molecule has 3 atom stereocenters. The molecule has 3 unspecified atom stereocenters. The Labute approximate surface area is 110 Å². The van der Waals surface area contributed by atoms with Crippen LogP contribution < -0.4 is 0 Å². The summed E-state index contributed by atoms with van der Waals surface area (Å²) in [6.45, 7) is 9.61. The lowest BCUT2D eigenvalue weighted by molar-refractivity contribution is 0.0826. The molecule has 1 heterocycles. The van der Waals surface area contributed by atoms with Crippen molar-refractivity contribution >= 4 is 5.78 Å². The maximum Gasteiger partial charge on any atom is 0.179 e. The summed E-state index contributed by atoms with van der Waals surface area (Å²) in [6.07, 6.45) is 1.20. The van der Waals surface area contributed by atoms with Crippen LogP contribution in [0.1, 0.15) is 43.1 Å². The van der Waals surface area contributed by atoms with E-state index in [4.69, 9.17) is 0 Å². The molecule has 0 saturated carbocycles. The highest BCUT2D eigenvalue weighted by atomic mass is 16.1. The third kappa shape index (κ3) is 2.64. The van der Waals surface area contributed by atoms with E-state index in [0.717, 1.165) is 12.1 Å². The van der Waals surface area contributed by atoms with E-state index in [1.54, 1.807) is 0 Å². The van der Waals surface area contributed by atoms with Crippen molar-refractivity contribution in [2.24, 2.45) is 5.92 Å². The molecule has 1 aromatic carbocycles. The van der Waals surface area contributed by atoms with Crippen LogP contribution in [0, 0.1) is 12.8 Å². The van der Waals surface area contributed by atoms with Gasteiger partial charge in [-0.3, -0.25) is 9.69 Å². The molecular weight excluding hydrogens is 222 g/mol. The number of rotatable bonds is 3. The van der Waals surface area contributed by atoms with Crippen LogP contribution in [0.4, 0.5) is 0 Å². The molecule has 2 nitrogen and oxygen atoms in total. The minimum Gasteiger partial charge on any atom is -0.292 e. The van der Waals surface area contributed by atoms with E-state index in [1.165, 1.54) is 12.0 Å². The summed E-state index contributed by atoms with van der Waals surface area (Å²) in [5.74, 6) is 0.948.